The molecule has 1 aliphatic rings. The number of nitrogens with zero attached hydrogens (tertiary/aromatic N) is 2. The third-order valence-corrected chi connectivity index (χ3v) is 12.2. The van der Waals surface area contributed by atoms with Crippen molar-refractivity contribution in [1.29, 1.82) is 0 Å². The van der Waals surface area contributed by atoms with Gasteiger partial charge in [0.25, 0.3) is 0 Å². The average molecular weight is 759 g/mol. The fourth-order valence-electron chi connectivity index (χ4n) is 9.49. The SMILES string of the molecule is Cc1ccc2c(c1)C(C)(C)c1cc(N(c3ccccc3)c3ccccc3)cc(-c3cccc4c3oc3cc5ccccc5c(N(c5ccccc5)c5ccccc5)c34)c1-2. The van der Waals surface area contributed by atoms with E-state index in [4.69, 9.17) is 4.42 Å². The van der Waals surface area contributed by atoms with E-state index in [1.165, 1.54) is 27.8 Å². The Morgan fingerprint density at radius 3 is 1.61 bits per heavy atom. The van der Waals surface area contributed by atoms with Crippen LogP contribution in [0.2, 0.25) is 0 Å². The molecule has 11 rings (SSSR count). The van der Waals surface area contributed by atoms with Crippen molar-refractivity contribution in [2.75, 3.05) is 9.80 Å². The molecule has 1 aromatic heterocycles. The minimum absolute atomic E-state index is 0.237. The molecule has 0 fully saturated rings. The van der Waals surface area contributed by atoms with Gasteiger partial charge in [-0.1, -0.05) is 153 Å². The molecule has 0 amide bonds. The van der Waals surface area contributed by atoms with E-state index in [1.54, 1.807) is 0 Å². The zero-order valence-corrected chi connectivity index (χ0v) is 33.4. The summed E-state index contributed by atoms with van der Waals surface area (Å²) in [6, 6.07) is 72.2. The lowest BCUT2D eigenvalue weighted by Crippen LogP contribution is -2.17. The first-order valence-corrected chi connectivity index (χ1v) is 20.4. The number of anilines is 6. The maximum absolute atomic E-state index is 7.26. The Morgan fingerprint density at radius 1 is 0.424 bits per heavy atom. The summed E-state index contributed by atoms with van der Waals surface area (Å²) in [4.78, 5) is 4.78. The molecule has 10 aromatic rings. The molecule has 0 N–H and O–H groups in total. The molecule has 59 heavy (non-hydrogen) atoms. The lowest BCUT2D eigenvalue weighted by molar-refractivity contribution is 0.659. The van der Waals surface area contributed by atoms with E-state index < -0.39 is 0 Å². The Hall–Kier alpha value is -7.36. The molecule has 0 bridgehead atoms. The van der Waals surface area contributed by atoms with Crippen molar-refractivity contribution >= 4 is 66.8 Å². The summed E-state index contributed by atoms with van der Waals surface area (Å²) in [5.74, 6) is 0. The van der Waals surface area contributed by atoms with Crippen molar-refractivity contribution in [3.05, 3.63) is 217 Å². The molecule has 1 heterocycles. The predicted molar refractivity (Wildman–Crippen MR) is 248 cm³/mol. The summed E-state index contributed by atoms with van der Waals surface area (Å²) < 4.78 is 7.26. The Bertz CT molecular complexity index is 3110. The van der Waals surface area contributed by atoms with E-state index in [9.17, 15) is 0 Å². The second-order valence-electron chi connectivity index (χ2n) is 16.2. The van der Waals surface area contributed by atoms with Crippen LogP contribution >= 0.6 is 0 Å². The second-order valence-corrected chi connectivity index (χ2v) is 16.2. The second kappa shape index (κ2) is 13.6. The highest BCUT2D eigenvalue weighted by Crippen LogP contribution is 2.56. The van der Waals surface area contributed by atoms with Crippen molar-refractivity contribution in [2.45, 2.75) is 26.2 Å². The van der Waals surface area contributed by atoms with Crippen molar-refractivity contribution in [3.63, 3.8) is 0 Å². The molecule has 0 saturated heterocycles. The fourth-order valence-corrected chi connectivity index (χ4v) is 9.49. The number of aryl methyl sites for hydroxylation is 1. The molecule has 9 aromatic carbocycles. The van der Waals surface area contributed by atoms with E-state index in [1.807, 2.05) is 0 Å². The number of hydrogen-bond donors (Lipinski definition) is 0. The monoisotopic (exact) mass is 758 g/mol. The molecule has 0 spiro atoms. The summed E-state index contributed by atoms with van der Waals surface area (Å²) in [6.45, 7) is 6.95. The highest BCUT2D eigenvalue weighted by Gasteiger charge is 2.39. The number of hydrogen-bond acceptors (Lipinski definition) is 3. The van der Waals surface area contributed by atoms with Crippen LogP contribution in [0.3, 0.4) is 0 Å². The zero-order valence-electron chi connectivity index (χ0n) is 33.4. The van der Waals surface area contributed by atoms with Gasteiger partial charge in [-0.15, -0.1) is 0 Å². The standard InChI is InChI=1S/C56H42N2O/c1-37-31-32-46-49(33-37)56(2,3)50-36-43(57(39-20-8-4-9-21-39)40-22-10-5-11-23-40)35-48(52(46)50)45-29-18-30-47-53-51(59-55(45)47)34-38-19-16-17-28-44(38)54(53)58(41-24-12-6-13-25-41)42-26-14-7-15-27-42/h4-36H,1-3H3. The Morgan fingerprint density at radius 2 is 0.983 bits per heavy atom. The van der Waals surface area contributed by atoms with Gasteiger partial charge in [0.05, 0.1) is 11.1 Å². The third-order valence-electron chi connectivity index (χ3n) is 12.2. The zero-order chi connectivity index (χ0) is 39.7. The smallest absolute Gasteiger partial charge is 0.143 e. The van der Waals surface area contributed by atoms with E-state index in [2.05, 4.69) is 231 Å². The number of para-hydroxylation sites is 5. The van der Waals surface area contributed by atoms with Crippen molar-refractivity contribution < 1.29 is 4.42 Å². The van der Waals surface area contributed by atoms with Crippen LogP contribution in [0.25, 0.3) is 55.0 Å². The quantitative estimate of drug-likeness (QED) is 0.161. The summed E-state index contributed by atoms with van der Waals surface area (Å²) in [5, 5.41) is 4.46. The number of fused-ring (bicyclic) bond motifs is 7. The molecular weight excluding hydrogens is 717 g/mol. The van der Waals surface area contributed by atoms with Crippen molar-refractivity contribution in [3.8, 4) is 22.3 Å². The molecule has 0 radical (unpaired) electrons. The van der Waals surface area contributed by atoms with E-state index >= 15 is 0 Å². The lowest BCUT2D eigenvalue weighted by atomic mass is 9.81. The lowest BCUT2D eigenvalue weighted by Gasteiger charge is -2.29. The van der Waals surface area contributed by atoms with Crippen LogP contribution in [0.1, 0.15) is 30.5 Å². The van der Waals surface area contributed by atoms with Crippen LogP contribution in [0, 0.1) is 6.92 Å². The summed E-state index contributed by atoms with van der Waals surface area (Å²) in [7, 11) is 0. The minimum atomic E-state index is -0.237. The van der Waals surface area contributed by atoms with Gasteiger partial charge in [0.1, 0.15) is 11.2 Å². The average Bonchev–Trinajstić information content (AvgIpc) is 3.76. The molecule has 0 aliphatic heterocycles. The van der Waals surface area contributed by atoms with Gasteiger partial charge < -0.3 is 14.2 Å². The fraction of sp³-hybridized carbons (Fsp3) is 0.0714. The molecular formula is C56H42N2O. The Kier molecular flexibility index (Phi) is 8.06. The molecule has 0 saturated carbocycles. The van der Waals surface area contributed by atoms with Gasteiger partial charge >= 0.3 is 0 Å². The van der Waals surface area contributed by atoms with Gasteiger partial charge in [-0.3, -0.25) is 0 Å². The van der Waals surface area contributed by atoms with Crippen LogP contribution in [-0.2, 0) is 5.41 Å². The first-order chi connectivity index (χ1) is 29.0. The first-order valence-electron chi connectivity index (χ1n) is 20.4. The highest BCUT2D eigenvalue weighted by molar-refractivity contribution is 6.23. The number of rotatable bonds is 7. The molecule has 0 unspecified atom stereocenters. The predicted octanol–water partition coefficient (Wildman–Crippen LogP) is 16.0. The topological polar surface area (TPSA) is 19.6 Å². The highest BCUT2D eigenvalue weighted by atomic mass is 16.3. The van der Waals surface area contributed by atoms with Gasteiger partial charge in [-0.25, -0.2) is 0 Å². The van der Waals surface area contributed by atoms with Gasteiger partial charge in [0.15, 0.2) is 0 Å². The normalized spacial score (nSPS) is 12.8. The third kappa shape index (κ3) is 5.57. The van der Waals surface area contributed by atoms with E-state index in [0.29, 0.717) is 0 Å². The largest absolute Gasteiger partial charge is 0.455 e. The Balaban J connectivity index is 1.25. The summed E-state index contributed by atoms with van der Waals surface area (Å²) in [5.41, 5.74) is 16.8. The van der Waals surface area contributed by atoms with Gasteiger partial charge in [0.2, 0.25) is 0 Å². The summed E-state index contributed by atoms with van der Waals surface area (Å²) in [6.07, 6.45) is 0. The maximum atomic E-state index is 7.26. The Labute approximate surface area is 345 Å². The van der Waals surface area contributed by atoms with Crippen molar-refractivity contribution in [1.82, 2.24) is 0 Å². The van der Waals surface area contributed by atoms with E-state index in [-0.39, 0.29) is 5.41 Å². The molecule has 1 aliphatic carbocycles. The van der Waals surface area contributed by atoms with Gasteiger partial charge in [-0.2, -0.15) is 0 Å². The number of furan rings is 1. The molecule has 3 heteroatoms. The first kappa shape index (κ1) is 34.9. The summed E-state index contributed by atoms with van der Waals surface area (Å²) >= 11 is 0. The minimum Gasteiger partial charge on any atom is -0.455 e. The van der Waals surface area contributed by atoms with Crippen LogP contribution in [0.5, 0.6) is 0 Å². The number of benzene rings is 9. The van der Waals surface area contributed by atoms with Gasteiger partial charge in [0, 0.05) is 50.2 Å². The van der Waals surface area contributed by atoms with Crippen LogP contribution < -0.4 is 9.80 Å². The van der Waals surface area contributed by atoms with Crippen molar-refractivity contribution in [2.24, 2.45) is 0 Å². The molecule has 282 valence electrons. The molecule has 3 nitrogen and oxygen atoms in total. The molecule has 0 atom stereocenters. The van der Waals surface area contributed by atoms with Crippen LogP contribution in [0.4, 0.5) is 34.1 Å². The van der Waals surface area contributed by atoms with Crippen LogP contribution in [-0.4, -0.2) is 0 Å². The maximum Gasteiger partial charge on any atom is 0.143 e. The van der Waals surface area contributed by atoms with Gasteiger partial charge in [-0.05, 0) is 107 Å². The van der Waals surface area contributed by atoms with Crippen LogP contribution in [0.15, 0.2) is 205 Å². The van der Waals surface area contributed by atoms with E-state index in [0.717, 1.165) is 78.0 Å².